The molecule has 3 N–H and O–H groups in total. The largest absolute Gasteiger partial charge is 0.383 e. The number of methoxy groups -OCH3 is 1. The van der Waals surface area contributed by atoms with Gasteiger partial charge in [0.1, 0.15) is 22.4 Å². The van der Waals surface area contributed by atoms with E-state index in [0.29, 0.717) is 43.4 Å². The summed E-state index contributed by atoms with van der Waals surface area (Å²) in [5.74, 6) is -1.14. The molecule has 178 valence electrons. The van der Waals surface area contributed by atoms with E-state index in [-0.39, 0.29) is 5.69 Å². The Morgan fingerprint density at radius 3 is 2.85 bits per heavy atom. The fourth-order valence-electron chi connectivity index (χ4n) is 3.56. The van der Waals surface area contributed by atoms with E-state index < -0.39 is 26.6 Å². The summed E-state index contributed by atoms with van der Waals surface area (Å²) in [6, 6.07) is 8.86. The fraction of sp³-hybridized carbons (Fsp3) is 0.217. The van der Waals surface area contributed by atoms with Gasteiger partial charge in [-0.1, -0.05) is 12.1 Å². The van der Waals surface area contributed by atoms with Crippen LogP contribution in [0.15, 0.2) is 64.6 Å². The summed E-state index contributed by atoms with van der Waals surface area (Å²) in [7, 11) is -2.71. The third kappa shape index (κ3) is 5.32. The van der Waals surface area contributed by atoms with E-state index in [0.717, 1.165) is 29.1 Å². The number of nitrogens with one attached hydrogen (secondary N) is 3. The van der Waals surface area contributed by atoms with Crippen molar-refractivity contribution in [3.63, 3.8) is 0 Å². The quantitative estimate of drug-likeness (QED) is 0.421. The van der Waals surface area contributed by atoms with Crippen LogP contribution in [-0.4, -0.2) is 51.3 Å². The molecular weight excluding hydrogens is 464 g/mol. The number of halogens is 2. The summed E-state index contributed by atoms with van der Waals surface area (Å²) in [4.78, 5) is 3.71. The molecule has 0 radical (unpaired) electrons. The van der Waals surface area contributed by atoms with Crippen LogP contribution in [0, 0.1) is 11.6 Å². The first kappa shape index (κ1) is 23.6. The number of H-pyrrole nitrogens is 1. The van der Waals surface area contributed by atoms with E-state index in [1.165, 1.54) is 6.07 Å². The molecule has 0 amide bonds. The fourth-order valence-corrected chi connectivity index (χ4v) is 4.70. The number of benzene rings is 2. The van der Waals surface area contributed by atoms with Gasteiger partial charge in [-0.25, -0.2) is 17.2 Å². The Balaban J connectivity index is 1.60. The van der Waals surface area contributed by atoms with E-state index in [1.54, 1.807) is 31.5 Å². The van der Waals surface area contributed by atoms with Gasteiger partial charge in [-0.3, -0.25) is 14.8 Å². The molecule has 3 aromatic rings. The predicted molar refractivity (Wildman–Crippen MR) is 126 cm³/mol. The topological polar surface area (TPSA) is 108 Å². The van der Waals surface area contributed by atoms with E-state index in [2.05, 4.69) is 25.2 Å². The van der Waals surface area contributed by atoms with Gasteiger partial charge in [0.25, 0.3) is 10.0 Å². The second-order valence-corrected chi connectivity index (χ2v) is 9.18. The van der Waals surface area contributed by atoms with Gasteiger partial charge in [0.2, 0.25) is 0 Å². The van der Waals surface area contributed by atoms with Crippen LogP contribution in [0.1, 0.15) is 12.0 Å². The van der Waals surface area contributed by atoms with Crippen LogP contribution in [0.5, 0.6) is 0 Å². The van der Waals surface area contributed by atoms with Gasteiger partial charge < -0.3 is 10.1 Å². The minimum atomic E-state index is -4.34. The van der Waals surface area contributed by atoms with Crippen molar-refractivity contribution in [2.24, 2.45) is 4.99 Å². The normalized spacial score (nSPS) is 13.9. The second-order valence-electron chi connectivity index (χ2n) is 7.53. The molecule has 0 atom stereocenters. The smallest absolute Gasteiger partial charge is 0.264 e. The molecule has 1 aliphatic rings. The van der Waals surface area contributed by atoms with Gasteiger partial charge >= 0.3 is 0 Å². The lowest BCUT2D eigenvalue weighted by Crippen LogP contribution is -2.27. The first-order valence-corrected chi connectivity index (χ1v) is 12.0. The van der Waals surface area contributed by atoms with Crippen molar-refractivity contribution in [1.29, 1.82) is 0 Å². The van der Waals surface area contributed by atoms with Crippen molar-refractivity contribution in [2.75, 3.05) is 31.5 Å². The molecule has 0 saturated heterocycles. The summed E-state index contributed by atoms with van der Waals surface area (Å²) < 4.78 is 60.2. The summed E-state index contributed by atoms with van der Waals surface area (Å²) >= 11 is 0. The number of anilines is 1. The highest BCUT2D eigenvalue weighted by molar-refractivity contribution is 7.92. The van der Waals surface area contributed by atoms with Gasteiger partial charge in [0.15, 0.2) is 0 Å². The maximum Gasteiger partial charge on any atom is 0.264 e. The van der Waals surface area contributed by atoms with E-state index >= 15 is 0 Å². The number of rotatable bonds is 8. The molecule has 2 heterocycles. The molecule has 1 aliphatic heterocycles. The highest BCUT2D eigenvalue weighted by Crippen LogP contribution is 2.31. The molecule has 1 aromatic heterocycles. The molecule has 11 heteroatoms. The monoisotopic (exact) mass is 487 g/mol. The number of nitrogens with zero attached hydrogens (tertiary/aromatic N) is 2. The van der Waals surface area contributed by atoms with Crippen LogP contribution in [-0.2, 0) is 14.8 Å². The maximum atomic E-state index is 14.0. The second kappa shape index (κ2) is 10.1. The minimum absolute atomic E-state index is 0.197. The van der Waals surface area contributed by atoms with E-state index in [1.807, 2.05) is 6.08 Å². The van der Waals surface area contributed by atoms with Gasteiger partial charge in [0.05, 0.1) is 18.5 Å². The number of ether oxygens (including phenoxy) is 1. The lowest BCUT2D eigenvalue weighted by atomic mass is 9.97. The lowest BCUT2D eigenvalue weighted by molar-refractivity contribution is 0.204. The Morgan fingerprint density at radius 1 is 1.18 bits per heavy atom. The average Bonchev–Trinajstić information content (AvgIpc) is 3.31. The van der Waals surface area contributed by atoms with E-state index in [9.17, 15) is 17.2 Å². The molecular formula is C23H23F2N5O3S. The van der Waals surface area contributed by atoms with Crippen LogP contribution >= 0.6 is 0 Å². The first-order valence-electron chi connectivity index (χ1n) is 10.5. The van der Waals surface area contributed by atoms with Crippen LogP contribution < -0.4 is 10.0 Å². The molecule has 34 heavy (non-hydrogen) atoms. The third-order valence-corrected chi connectivity index (χ3v) is 6.55. The van der Waals surface area contributed by atoms with Crippen molar-refractivity contribution in [2.45, 2.75) is 11.3 Å². The molecule has 0 aliphatic carbocycles. The molecule has 0 fully saturated rings. The highest BCUT2D eigenvalue weighted by atomic mass is 32.2. The van der Waals surface area contributed by atoms with Gasteiger partial charge in [-0.05, 0) is 48.4 Å². The zero-order valence-corrected chi connectivity index (χ0v) is 19.1. The van der Waals surface area contributed by atoms with Crippen molar-refractivity contribution in [3.8, 4) is 11.3 Å². The molecule has 8 nitrogen and oxygen atoms in total. The van der Waals surface area contributed by atoms with Crippen molar-refractivity contribution in [3.05, 3.63) is 71.9 Å². The number of dihydropyridines is 1. The number of aromatic nitrogens is 2. The van der Waals surface area contributed by atoms with Crippen LogP contribution in [0.25, 0.3) is 16.8 Å². The zero-order valence-electron chi connectivity index (χ0n) is 18.3. The highest BCUT2D eigenvalue weighted by Gasteiger charge is 2.21. The van der Waals surface area contributed by atoms with Gasteiger partial charge in [0, 0.05) is 37.0 Å². The molecule has 4 rings (SSSR count). The molecule has 2 aromatic carbocycles. The number of amidine groups is 1. The summed E-state index contributed by atoms with van der Waals surface area (Å²) in [6.07, 6.45) is 4.37. The summed E-state index contributed by atoms with van der Waals surface area (Å²) in [5.41, 5.74) is 3.44. The lowest BCUT2D eigenvalue weighted by Gasteiger charge is -2.15. The number of hydrogen-bond acceptors (Lipinski definition) is 6. The first-order chi connectivity index (χ1) is 16.4. The van der Waals surface area contributed by atoms with Crippen molar-refractivity contribution < 1.29 is 21.9 Å². The molecule has 0 bridgehead atoms. The van der Waals surface area contributed by atoms with Crippen molar-refractivity contribution in [1.82, 2.24) is 15.5 Å². The van der Waals surface area contributed by atoms with Gasteiger partial charge in [-0.15, -0.1) is 0 Å². The third-order valence-electron chi connectivity index (χ3n) is 5.16. The number of hydrogen-bond donors (Lipinski definition) is 3. The Morgan fingerprint density at radius 2 is 2.03 bits per heavy atom. The van der Waals surface area contributed by atoms with Gasteiger partial charge in [-0.2, -0.15) is 5.10 Å². The summed E-state index contributed by atoms with van der Waals surface area (Å²) in [6.45, 7) is 1.80. The Kier molecular flexibility index (Phi) is 7.03. The van der Waals surface area contributed by atoms with E-state index in [4.69, 9.17) is 4.74 Å². The summed E-state index contributed by atoms with van der Waals surface area (Å²) in [5, 5.41) is 10.4. The molecule has 0 spiro atoms. The zero-order chi connectivity index (χ0) is 24.1. The van der Waals surface area contributed by atoms with Crippen LogP contribution in [0.4, 0.5) is 14.5 Å². The average molecular weight is 488 g/mol. The predicted octanol–water partition coefficient (Wildman–Crippen LogP) is 3.58. The number of sulfonamides is 1. The standard InChI is InChI=1S/C23H23F2N5O3S/c1-33-10-9-27-22-12-15(7-8-26-22)19-14-28-29-23(19)16-3-2-4-18(11-16)30-34(31,32)21-13-17(24)5-6-20(21)25/h2-6,11-14,30H,7-10H2,1H3,(H,26,27)(H,28,29). The van der Waals surface area contributed by atoms with Crippen LogP contribution in [0.3, 0.4) is 0 Å². The molecule has 0 unspecified atom stereocenters. The maximum absolute atomic E-state index is 14.0. The van der Waals surface area contributed by atoms with Crippen molar-refractivity contribution >= 4 is 27.1 Å². The van der Waals surface area contributed by atoms with Crippen LogP contribution in [0.2, 0.25) is 0 Å². The molecule has 0 saturated carbocycles. The Labute approximate surface area is 195 Å². The Bertz CT molecular complexity index is 1350. The Hall–Kier alpha value is -3.57. The number of aliphatic imine (C=N–C) groups is 1. The minimum Gasteiger partial charge on any atom is -0.383 e. The number of aromatic amines is 1. The SMILES string of the molecule is COCCNC1=NCCC(c2cn[nH]c2-c2cccc(NS(=O)(=O)c3cc(F)ccc3F)c2)=C1.